The lowest BCUT2D eigenvalue weighted by Gasteiger charge is -2.13. The van der Waals surface area contributed by atoms with Gasteiger partial charge in [-0.05, 0) is 61.5 Å². The Morgan fingerprint density at radius 3 is 2.59 bits per heavy atom. The zero-order chi connectivity index (χ0) is 15.5. The number of hydrogen-bond donors (Lipinski definition) is 1. The Balaban J connectivity index is 1.89. The molecule has 1 aromatic carbocycles. The highest BCUT2D eigenvalue weighted by molar-refractivity contribution is 5.85. The van der Waals surface area contributed by atoms with Crippen LogP contribution < -0.4 is 5.73 Å². The summed E-state index contributed by atoms with van der Waals surface area (Å²) in [5.74, 6) is 0.577. The molecule has 1 aliphatic heterocycles. The topological polar surface area (TPSA) is 34.2 Å². The second-order valence-electron chi connectivity index (χ2n) is 6.87. The van der Waals surface area contributed by atoms with E-state index < -0.39 is 0 Å². The van der Waals surface area contributed by atoms with Crippen molar-refractivity contribution in [2.45, 2.75) is 45.6 Å². The van der Waals surface area contributed by atoms with Crippen LogP contribution in [0.25, 0.3) is 10.9 Å². The van der Waals surface area contributed by atoms with Crippen molar-refractivity contribution in [3.63, 3.8) is 0 Å². The molecular weight excluding hydrogens is 270 g/mol. The minimum absolute atomic E-state index is 0.577. The highest BCUT2D eigenvalue weighted by atomic mass is 15.1. The van der Waals surface area contributed by atoms with Crippen LogP contribution >= 0.6 is 0 Å². The molecule has 120 valence electrons. The van der Waals surface area contributed by atoms with Crippen molar-refractivity contribution < 1.29 is 0 Å². The van der Waals surface area contributed by atoms with Crippen LogP contribution in [0.1, 0.15) is 43.7 Å². The van der Waals surface area contributed by atoms with Gasteiger partial charge in [0.25, 0.3) is 0 Å². The van der Waals surface area contributed by atoms with Crippen LogP contribution in [0, 0.1) is 0 Å². The van der Waals surface area contributed by atoms with Crippen LogP contribution in [0.3, 0.4) is 0 Å². The van der Waals surface area contributed by atoms with Crippen LogP contribution in [-0.2, 0) is 13.0 Å². The van der Waals surface area contributed by atoms with Crippen LogP contribution in [-0.4, -0.2) is 35.6 Å². The van der Waals surface area contributed by atoms with Gasteiger partial charge in [-0.15, -0.1) is 0 Å². The SMILES string of the molecule is CC(C)c1ccc2c(c1)c(CCN1CCCC1)cn2CCN. The van der Waals surface area contributed by atoms with E-state index in [-0.39, 0.29) is 0 Å². The Labute approximate surface area is 134 Å². The second kappa shape index (κ2) is 6.84. The number of hydrogen-bond acceptors (Lipinski definition) is 2. The molecule has 2 aromatic rings. The Bertz CT molecular complexity index is 621. The summed E-state index contributed by atoms with van der Waals surface area (Å²) >= 11 is 0. The fourth-order valence-electron chi connectivity index (χ4n) is 3.56. The molecule has 3 nitrogen and oxygen atoms in total. The molecule has 0 spiro atoms. The zero-order valence-electron chi connectivity index (χ0n) is 14.0. The van der Waals surface area contributed by atoms with E-state index in [0.717, 1.165) is 13.0 Å². The molecule has 1 saturated heterocycles. The number of nitrogens with two attached hydrogens (primary N) is 1. The van der Waals surface area contributed by atoms with Gasteiger partial charge in [-0.3, -0.25) is 0 Å². The first-order chi connectivity index (χ1) is 10.7. The van der Waals surface area contributed by atoms with Gasteiger partial charge >= 0.3 is 0 Å². The molecule has 3 rings (SSSR count). The summed E-state index contributed by atoms with van der Waals surface area (Å²) in [4.78, 5) is 2.60. The molecule has 3 heteroatoms. The quantitative estimate of drug-likeness (QED) is 0.887. The number of fused-ring (bicyclic) bond motifs is 1. The summed E-state index contributed by atoms with van der Waals surface area (Å²) in [5, 5.41) is 1.43. The molecule has 0 radical (unpaired) electrons. The van der Waals surface area contributed by atoms with E-state index in [4.69, 9.17) is 5.73 Å². The van der Waals surface area contributed by atoms with E-state index in [1.807, 2.05) is 0 Å². The first-order valence-electron chi connectivity index (χ1n) is 8.73. The number of aromatic nitrogens is 1. The van der Waals surface area contributed by atoms with E-state index in [2.05, 4.69) is 47.7 Å². The standard InChI is InChI=1S/C19H29N3/c1-15(2)16-5-6-19-18(13-16)17(14-22(19)12-8-20)7-11-21-9-3-4-10-21/h5-6,13-15H,3-4,7-12,20H2,1-2H3. The van der Waals surface area contributed by atoms with Crippen molar-refractivity contribution in [3.8, 4) is 0 Å². The van der Waals surface area contributed by atoms with Gasteiger partial charge in [0.05, 0.1) is 0 Å². The monoisotopic (exact) mass is 299 g/mol. The lowest BCUT2D eigenvalue weighted by molar-refractivity contribution is 0.344. The normalized spacial score (nSPS) is 16.2. The molecule has 0 aliphatic carbocycles. The lowest BCUT2D eigenvalue weighted by Crippen LogP contribution is -2.21. The first-order valence-corrected chi connectivity index (χ1v) is 8.73. The zero-order valence-corrected chi connectivity index (χ0v) is 14.0. The number of rotatable bonds is 6. The van der Waals surface area contributed by atoms with Gasteiger partial charge in [0, 0.05) is 36.7 Å². The molecule has 0 atom stereocenters. The molecule has 0 amide bonds. The van der Waals surface area contributed by atoms with Crippen molar-refractivity contribution in [2.24, 2.45) is 5.73 Å². The van der Waals surface area contributed by atoms with Crippen molar-refractivity contribution in [2.75, 3.05) is 26.2 Å². The third-order valence-electron chi connectivity index (χ3n) is 4.92. The predicted octanol–water partition coefficient (Wildman–Crippen LogP) is 3.36. The summed E-state index contributed by atoms with van der Waals surface area (Å²) in [6.45, 7) is 9.87. The number of benzene rings is 1. The van der Waals surface area contributed by atoms with Gasteiger partial charge in [0.2, 0.25) is 0 Å². The Hall–Kier alpha value is -1.32. The minimum atomic E-state index is 0.577. The lowest BCUT2D eigenvalue weighted by atomic mass is 10.00. The second-order valence-corrected chi connectivity index (χ2v) is 6.87. The average Bonchev–Trinajstić information content (AvgIpc) is 3.13. The largest absolute Gasteiger partial charge is 0.346 e. The maximum absolute atomic E-state index is 5.78. The molecule has 2 N–H and O–H groups in total. The number of likely N-dealkylation sites (tertiary alicyclic amines) is 1. The summed E-state index contributed by atoms with van der Waals surface area (Å²) in [6.07, 6.45) is 6.21. The van der Waals surface area contributed by atoms with E-state index in [0.29, 0.717) is 12.5 Å². The Morgan fingerprint density at radius 1 is 1.14 bits per heavy atom. The predicted molar refractivity (Wildman–Crippen MR) is 94.5 cm³/mol. The molecule has 0 unspecified atom stereocenters. The van der Waals surface area contributed by atoms with Crippen LogP contribution in [0.4, 0.5) is 0 Å². The van der Waals surface area contributed by atoms with E-state index in [1.165, 1.54) is 54.5 Å². The Kier molecular flexibility index (Phi) is 4.84. The molecule has 1 fully saturated rings. The molecule has 2 heterocycles. The molecular formula is C19H29N3. The first kappa shape index (κ1) is 15.6. The van der Waals surface area contributed by atoms with Gasteiger partial charge < -0.3 is 15.2 Å². The fraction of sp³-hybridized carbons (Fsp3) is 0.579. The fourth-order valence-corrected chi connectivity index (χ4v) is 3.56. The Morgan fingerprint density at radius 2 is 1.91 bits per heavy atom. The highest BCUT2D eigenvalue weighted by Gasteiger charge is 2.14. The van der Waals surface area contributed by atoms with Gasteiger partial charge in [0.15, 0.2) is 0 Å². The number of nitrogens with zero attached hydrogens (tertiary/aromatic N) is 2. The third kappa shape index (κ3) is 3.21. The molecule has 1 aliphatic rings. The van der Waals surface area contributed by atoms with E-state index in [1.54, 1.807) is 0 Å². The van der Waals surface area contributed by atoms with Crippen LogP contribution in [0.2, 0.25) is 0 Å². The molecule has 1 aromatic heterocycles. The van der Waals surface area contributed by atoms with E-state index in [9.17, 15) is 0 Å². The van der Waals surface area contributed by atoms with Crippen molar-refractivity contribution in [1.29, 1.82) is 0 Å². The highest BCUT2D eigenvalue weighted by Crippen LogP contribution is 2.27. The molecule has 0 saturated carbocycles. The third-order valence-corrected chi connectivity index (χ3v) is 4.92. The van der Waals surface area contributed by atoms with Gasteiger partial charge in [-0.25, -0.2) is 0 Å². The minimum Gasteiger partial charge on any atom is -0.346 e. The van der Waals surface area contributed by atoms with Crippen molar-refractivity contribution in [1.82, 2.24) is 9.47 Å². The summed E-state index contributed by atoms with van der Waals surface area (Å²) < 4.78 is 2.33. The van der Waals surface area contributed by atoms with Crippen molar-refractivity contribution >= 4 is 10.9 Å². The summed E-state index contributed by atoms with van der Waals surface area (Å²) in [7, 11) is 0. The van der Waals surface area contributed by atoms with E-state index >= 15 is 0 Å². The maximum Gasteiger partial charge on any atom is 0.0483 e. The molecule has 0 bridgehead atoms. The van der Waals surface area contributed by atoms with Gasteiger partial charge in [-0.2, -0.15) is 0 Å². The smallest absolute Gasteiger partial charge is 0.0483 e. The molecule has 22 heavy (non-hydrogen) atoms. The van der Waals surface area contributed by atoms with Gasteiger partial charge in [-0.1, -0.05) is 19.9 Å². The van der Waals surface area contributed by atoms with Crippen LogP contribution in [0.15, 0.2) is 24.4 Å². The maximum atomic E-state index is 5.78. The van der Waals surface area contributed by atoms with Crippen LogP contribution in [0.5, 0.6) is 0 Å². The van der Waals surface area contributed by atoms with Gasteiger partial charge in [0.1, 0.15) is 0 Å². The summed E-state index contributed by atoms with van der Waals surface area (Å²) in [6, 6.07) is 6.94. The average molecular weight is 299 g/mol. The van der Waals surface area contributed by atoms with Crippen molar-refractivity contribution in [3.05, 3.63) is 35.5 Å². The summed E-state index contributed by atoms with van der Waals surface area (Å²) in [5.41, 5.74) is 10.0.